The molecule has 1 aliphatic heterocycles. The van der Waals surface area contributed by atoms with Crippen molar-refractivity contribution in [3.63, 3.8) is 0 Å². The van der Waals surface area contributed by atoms with Crippen LogP contribution in [0.15, 0.2) is 22.8 Å². The lowest BCUT2D eigenvalue weighted by Crippen LogP contribution is -2.44. The summed E-state index contributed by atoms with van der Waals surface area (Å²) in [5.74, 6) is 0.599. The van der Waals surface area contributed by atoms with Gasteiger partial charge in [-0.1, -0.05) is 6.92 Å². The number of piperidine rings is 1. The van der Waals surface area contributed by atoms with E-state index in [1.165, 1.54) is 0 Å². The number of ether oxygens (including phenoxy) is 1. The molecule has 2 aromatic rings. The summed E-state index contributed by atoms with van der Waals surface area (Å²) in [7, 11) is 1.57. The third-order valence-electron chi connectivity index (χ3n) is 4.19. The molecule has 4 nitrogen and oxygen atoms in total. The van der Waals surface area contributed by atoms with Crippen molar-refractivity contribution in [3.05, 3.63) is 29.5 Å². The van der Waals surface area contributed by atoms with Crippen LogP contribution in [-0.2, 0) is 0 Å². The fourth-order valence-corrected chi connectivity index (χ4v) is 3.19. The zero-order valence-corrected chi connectivity index (χ0v) is 13.1. The summed E-state index contributed by atoms with van der Waals surface area (Å²) in [5.41, 5.74) is 2.04. The second-order valence-electron chi connectivity index (χ2n) is 6.12. The number of methoxy groups -OCH3 is 1. The molecule has 1 aromatic heterocycles. The number of alkyl halides is 1. The topological polar surface area (TPSA) is 42.7 Å². The van der Waals surface area contributed by atoms with Crippen LogP contribution < -0.4 is 4.74 Å². The SMILES string of the molecule is COc1cc(C(=O)N2C[C@H](C)C[C@@H](F)C2)cc2occ(C)c12. The summed E-state index contributed by atoms with van der Waals surface area (Å²) < 4.78 is 24.6. The number of carbonyl (C=O) groups excluding carboxylic acids is 1. The lowest BCUT2D eigenvalue weighted by molar-refractivity contribution is 0.0555. The first-order valence-electron chi connectivity index (χ1n) is 7.48. The summed E-state index contributed by atoms with van der Waals surface area (Å²) in [6, 6.07) is 3.42. The molecular weight excluding hydrogens is 285 g/mol. The van der Waals surface area contributed by atoms with Gasteiger partial charge in [-0.15, -0.1) is 0 Å². The minimum absolute atomic E-state index is 0.153. The van der Waals surface area contributed by atoms with E-state index in [2.05, 4.69) is 0 Å². The van der Waals surface area contributed by atoms with E-state index in [9.17, 15) is 9.18 Å². The summed E-state index contributed by atoms with van der Waals surface area (Å²) in [6.07, 6.45) is 1.20. The molecule has 0 spiro atoms. The second kappa shape index (κ2) is 5.63. The Balaban J connectivity index is 1.97. The highest BCUT2D eigenvalue weighted by Crippen LogP contribution is 2.32. The number of nitrogens with zero attached hydrogens (tertiary/aromatic N) is 1. The molecule has 118 valence electrons. The maximum absolute atomic E-state index is 13.7. The van der Waals surface area contributed by atoms with Crippen LogP contribution in [0, 0.1) is 12.8 Å². The van der Waals surface area contributed by atoms with Crippen LogP contribution in [0.2, 0.25) is 0 Å². The molecule has 2 heterocycles. The number of fused-ring (bicyclic) bond motifs is 1. The van der Waals surface area contributed by atoms with Gasteiger partial charge in [0.1, 0.15) is 17.5 Å². The molecule has 0 bridgehead atoms. The monoisotopic (exact) mass is 305 g/mol. The van der Waals surface area contributed by atoms with Gasteiger partial charge in [-0.25, -0.2) is 4.39 Å². The molecule has 1 fully saturated rings. The highest BCUT2D eigenvalue weighted by Gasteiger charge is 2.29. The number of likely N-dealkylation sites (tertiary alicyclic amines) is 1. The molecule has 0 saturated carbocycles. The van der Waals surface area contributed by atoms with Crippen molar-refractivity contribution in [3.8, 4) is 5.75 Å². The van der Waals surface area contributed by atoms with Crippen LogP contribution in [0.4, 0.5) is 4.39 Å². The second-order valence-corrected chi connectivity index (χ2v) is 6.12. The van der Waals surface area contributed by atoms with Crippen molar-refractivity contribution in [1.29, 1.82) is 0 Å². The van der Waals surface area contributed by atoms with Gasteiger partial charge < -0.3 is 14.1 Å². The molecule has 22 heavy (non-hydrogen) atoms. The van der Waals surface area contributed by atoms with Gasteiger partial charge in [-0.2, -0.15) is 0 Å². The molecule has 0 N–H and O–H groups in total. The van der Waals surface area contributed by atoms with E-state index >= 15 is 0 Å². The van der Waals surface area contributed by atoms with Crippen LogP contribution in [0.3, 0.4) is 0 Å². The van der Waals surface area contributed by atoms with E-state index in [4.69, 9.17) is 9.15 Å². The summed E-state index contributed by atoms with van der Waals surface area (Å²) in [4.78, 5) is 14.3. The quantitative estimate of drug-likeness (QED) is 0.852. The van der Waals surface area contributed by atoms with Gasteiger partial charge in [0.25, 0.3) is 5.91 Å². The highest BCUT2D eigenvalue weighted by molar-refractivity contribution is 6.00. The van der Waals surface area contributed by atoms with Crippen LogP contribution >= 0.6 is 0 Å². The molecule has 0 unspecified atom stereocenters. The first-order valence-corrected chi connectivity index (χ1v) is 7.48. The lowest BCUT2D eigenvalue weighted by Gasteiger charge is -2.33. The van der Waals surface area contributed by atoms with Crippen molar-refractivity contribution >= 4 is 16.9 Å². The van der Waals surface area contributed by atoms with Crippen molar-refractivity contribution < 1.29 is 18.3 Å². The average Bonchev–Trinajstić information content (AvgIpc) is 2.86. The molecule has 1 aliphatic rings. The third kappa shape index (κ3) is 2.56. The molecule has 1 amide bonds. The number of carbonyl (C=O) groups is 1. The Morgan fingerprint density at radius 3 is 2.86 bits per heavy atom. The standard InChI is InChI=1S/C17H20FNO3/c1-10-4-13(18)8-19(7-10)17(20)12-5-14(21-3)16-11(2)9-22-15(16)6-12/h5-6,9-10,13H,4,7-8H2,1-3H3/t10-,13-/m1/s1. The van der Waals surface area contributed by atoms with Gasteiger partial charge in [0.2, 0.25) is 0 Å². The molecule has 0 aliphatic carbocycles. The molecule has 1 aromatic carbocycles. The molecule has 3 rings (SSSR count). The zero-order valence-electron chi connectivity index (χ0n) is 13.1. The van der Waals surface area contributed by atoms with Crippen LogP contribution in [0.25, 0.3) is 11.0 Å². The number of rotatable bonds is 2. The highest BCUT2D eigenvalue weighted by atomic mass is 19.1. The zero-order chi connectivity index (χ0) is 15.9. The van der Waals surface area contributed by atoms with Crippen molar-refractivity contribution in [2.75, 3.05) is 20.2 Å². The normalized spacial score (nSPS) is 22.1. The number of furan rings is 1. The molecule has 2 atom stereocenters. The van der Waals surface area contributed by atoms with E-state index in [0.717, 1.165) is 10.9 Å². The lowest BCUT2D eigenvalue weighted by atomic mass is 9.98. The first-order chi connectivity index (χ1) is 10.5. The maximum Gasteiger partial charge on any atom is 0.254 e. The summed E-state index contributed by atoms with van der Waals surface area (Å²) in [6.45, 7) is 4.62. The predicted molar refractivity (Wildman–Crippen MR) is 82.1 cm³/mol. The Morgan fingerprint density at radius 2 is 2.18 bits per heavy atom. The molecule has 0 radical (unpaired) electrons. The Labute approximate surface area is 128 Å². The van der Waals surface area contributed by atoms with E-state index < -0.39 is 6.17 Å². The molecular formula is C17H20FNO3. The average molecular weight is 305 g/mol. The van der Waals surface area contributed by atoms with Crippen molar-refractivity contribution in [2.45, 2.75) is 26.4 Å². The summed E-state index contributed by atoms with van der Waals surface area (Å²) >= 11 is 0. The van der Waals surface area contributed by atoms with Gasteiger partial charge in [0.05, 0.1) is 25.3 Å². The number of amides is 1. The van der Waals surface area contributed by atoms with E-state index in [0.29, 0.717) is 29.9 Å². The molecule has 1 saturated heterocycles. The Morgan fingerprint density at radius 1 is 1.41 bits per heavy atom. The van der Waals surface area contributed by atoms with Crippen LogP contribution in [0.5, 0.6) is 5.75 Å². The number of halogens is 1. The van der Waals surface area contributed by atoms with E-state index in [1.54, 1.807) is 30.4 Å². The molecule has 5 heteroatoms. The van der Waals surface area contributed by atoms with Gasteiger partial charge in [0, 0.05) is 12.1 Å². The van der Waals surface area contributed by atoms with Crippen LogP contribution in [0.1, 0.15) is 29.3 Å². The fourth-order valence-electron chi connectivity index (χ4n) is 3.19. The fraction of sp³-hybridized carbons (Fsp3) is 0.471. The number of aryl methyl sites for hydroxylation is 1. The number of hydrogen-bond acceptors (Lipinski definition) is 3. The van der Waals surface area contributed by atoms with E-state index in [1.807, 2.05) is 13.8 Å². The first kappa shape index (κ1) is 14.9. The smallest absolute Gasteiger partial charge is 0.254 e. The maximum atomic E-state index is 13.7. The van der Waals surface area contributed by atoms with Gasteiger partial charge >= 0.3 is 0 Å². The summed E-state index contributed by atoms with van der Waals surface area (Å²) in [5, 5.41) is 0.870. The van der Waals surface area contributed by atoms with Gasteiger partial charge in [0.15, 0.2) is 0 Å². The van der Waals surface area contributed by atoms with Crippen LogP contribution in [-0.4, -0.2) is 37.2 Å². The largest absolute Gasteiger partial charge is 0.496 e. The van der Waals surface area contributed by atoms with E-state index in [-0.39, 0.29) is 18.4 Å². The number of hydrogen-bond donors (Lipinski definition) is 0. The Hall–Kier alpha value is -2.04. The van der Waals surface area contributed by atoms with Gasteiger partial charge in [-0.3, -0.25) is 4.79 Å². The Bertz CT molecular complexity index is 699. The van der Waals surface area contributed by atoms with Gasteiger partial charge in [-0.05, 0) is 37.0 Å². The van der Waals surface area contributed by atoms with Crippen molar-refractivity contribution in [2.24, 2.45) is 5.92 Å². The van der Waals surface area contributed by atoms with Crippen molar-refractivity contribution in [1.82, 2.24) is 4.90 Å². The third-order valence-corrected chi connectivity index (χ3v) is 4.19. The minimum Gasteiger partial charge on any atom is -0.496 e. The number of benzene rings is 1. The predicted octanol–water partition coefficient (Wildman–Crippen LogP) is 3.57. The minimum atomic E-state index is -0.954. The Kier molecular flexibility index (Phi) is 3.81.